The average molecular weight is 325 g/mol. The number of hydrogen-bond donors (Lipinski definition) is 1. The average Bonchev–Trinajstić information content (AvgIpc) is 2.88. The lowest BCUT2D eigenvalue weighted by molar-refractivity contribution is 0.147. The molecule has 1 N–H and O–H groups in total. The molecule has 0 radical (unpaired) electrons. The Morgan fingerprint density at radius 2 is 1.85 bits per heavy atom. The van der Waals surface area contributed by atoms with Gasteiger partial charge in [-0.1, -0.05) is 6.07 Å². The highest BCUT2D eigenvalue weighted by molar-refractivity contribution is 5.85. The maximum Gasteiger partial charge on any atom is 0.231 e. The number of alkyl halides is 1. The molecule has 0 saturated carbocycles. The lowest BCUT2D eigenvalue weighted by atomic mass is 10.0. The standard InChI is InChI=1S/C13H17FN2O2.2ClH/c14-8-11(16-5-3-15-4-6-16)10-1-2-12-13(7-10)18-9-17-12;;/h1-2,7,11,15H,3-6,8-9H2;2*1H/t11-;;/m0../s1. The summed E-state index contributed by atoms with van der Waals surface area (Å²) >= 11 is 0. The van der Waals surface area contributed by atoms with E-state index in [9.17, 15) is 4.39 Å². The molecule has 1 aromatic carbocycles. The van der Waals surface area contributed by atoms with Crippen LogP contribution in [0.2, 0.25) is 0 Å². The molecule has 0 spiro atoms. The number of fused-ring (bicyclic) bond motifs is 1. The Bertz CT molecular complexity index is 431. The summed E-state index contributed by atoms with van der Waals surface area (Å²) in [6.07, 6.45) is 0. The zero-order valence-electron chi connectivity index (χ0n) is 11.0. The zero-order valence-corrected chi connectivity index (χ0v) is 12.6. The molecule has 4 nitrogen and oxygen atoms in total. The van der Waals surface area contributed by atoms with Crippen molar-refractivity contribution in [2.75, 3.05) is 39.6 Å². The second-order valence-electron chi connectivity index (χ2n) is 4.57. The third kappa shape index (κ3) is 3.47. The number of nitrogens with one attached hydrogen (secondary N) is 1. The van der Waals surface area contributed by atoms with Crippen LogP contribution in [0.25, 0.3) is 0 Å². The third-order valence-corrected chi connectivity index (χ3v) is 3.52. The molecule has 20 heavy (non-hydrogen) atoms. The van der Waals surface area contributed by atoms with E-state index in [2.05, 4.69) is 10.2 Å². The summed E-state index contributed by atoms with van der Waals surface area (Å²) in [5, 5.41) is 3.28. The van der Waals surface area contributed by atoms with E-state index in [1.165, 1.54) is 0 Å². The Hall–Kier alpha value is -0.750. The third-order valence-electron chi connectivity index (χ3n) is 3.52. The number of rotatable bonds is 3. The lowest BCUT2D eigenvalue weighted by Gasteiger charge is -2.33. The molecular formula is C13H19Cl2FN2O2. The molecule has 2 aliphatic heterocycles. The summed E-state index contributed by atoms with van der Waals surface area (Å²) in [6, 6.07) is 5.51. The van der Waals surface area contributed by atoms with E-state index >= 15 is 0 Å². The van der Waals surface area contributed by atoms with Gasteiger partial charge in [-0.3, -0.25) is 4.90 Å². The van der Waals surface area contributed by atoms with E-state index in [1.54, 1.807) is 0 Å². The minimum Gasteiger partial charge on any atom is -0.454 e. The van der Waals surface area contributed by atoms with E-state index in [-0.39, 0.29) is 44.3 Å². The molecule has 0 unspecified atom stereocenters. The molecule has 0 aromatic heterocycles. The fourth-order valence-electron chi connectivity index (χ4n) is 2.51. The summed E-state index contributed by atoms with van der Waals surface area (Å²) in [7, 11) is 0. The van der Waals surface area contributed by atoms with Crippen LogP contribution in [0.4, 0.5) is 4.39 Å². The van der Waals surface area contributed by atoms with E-state index in [0.29, 0.717) is 0 Å². The van der Waals surface area contributed by atoms with Gasteiger partial charge in [0, 0.05) is 26.2 Å². The van der Waals surface area contributed by atoms with Crippen LogP contribution in [-0.2, 0) is 0 Å². The highest BCUT2D eigenvalue weighted by atomic mass is 35.5. The molecule has 1 fully saturated rings. The molecular weight excluding hydrogens is 306 g/mol. The van der Waals surface area contributed by atoms with Crippen LogP contribution in [0.1, 0.15) is 11.6 Å². The number of hydrogen-bond acceptors (Lipinski definition) is 4. The molecule has 1 atom stereocenters. The summed E-state index contributed by atoms with van der Waals surface area (Å²) in [5.74, 6) is 1.47. The zero-order chi connectivity index (χ0) is 12.4. The largest absolute Gasteiger partial charge is 0.454 e. The Kier molecular flexibility index (Phi) is 6.82. The van der Waals surface area contributed by atoms with Gasteiger partial charge in [-0.05, 0) is 17.7 Å². The minimum atomic E-state index is -0.375. The van der Waals surface area contributed by atoms with Crippen LogP contribution < -0.4 is 14.8 Å². The van der Waals surface area contributed by atoms with Crippen LogP contribution in [0, 0.1) is 0 Å². The Balaban J connectivity index is 0.000001000. The van der Waals surface area contributed by atoms with Gasteiger partial charge in [-0.25, -0.2) is 4.39 Å². The van der Waals surface area contributed by atoms with Crippen molar-refractivity contribution < 1.29 is 13.9 Å². The van der Waals surface area contributed by atoms with Crippen molar-refractivity contribution in [3.8, 4) is 11.5 Å². The summed E-state index contributed by atoms with van der Waals surface area (Å²) < 4.78 is 24.0. The second-order valence-corrected chi connectivity index (χ2v) is 4.57. The van der Waals surface area contributed by atoms with Crippen LogP contribution in [0.5, 0.6) is 11.5 Å². The highest BCUT2D eigenvalue weighted by Gasteiger charge is 2.24. The lowest BCUT2D eigenvalue weighted by Crippen LogP contribution is -2.45. The van der Waals surface area contributed by atoms with E-state index in [0.717, 1.165) is 43.2 Å². The van der Waals surface area contributed by atoms with E-state index < -0.39 is 0 Å². The van der Waals surface area contributed by atoms with Gasteiger partial charge in [0.05, 0.1) is 6.04 Å². The molecule has 1 aromatic rings. The number of ether oxygens (including phenoxy) is 2. The molecule has 0 aliphatic carbocycles. The van der Waals surface area contributed by atoms with Crippen molar-refractivity contribution >= 4 is 24.8 Å². The topological polar surface area (TPSA) is 33.7 Å². The van der Waals surface area contributed by atoms with Crippen LogP contribution >= 0.6 is 24.8 Å². The van der Waals surface area contributed by atoms with Gasteiger partial charge in [0.1, 0.15) is 6.67 Å². The molecule has 0 amide bonds. The fourth-order valence-corrected chi connectivity index (χ4v) is 2.51. The maximum atomic E-state index is 13.3. The smallest absolute Gasteiger partial charge is 0.231 e. The first-order chi connectivity index (χ1) is 8.88. The fraction of sp³-hybridized carbons (Fsp3) is 0.538. The van der Waals surface area contributed by atoms with Crippen molar-refractivity contribution in [1.82, 2.24) is 10.2 Å². The van der Waals surface area contributed by atoms with Gasteiger partial charge >= 0.3 is 0 Å². The predicted molar refractivity (Wildman–Crippen MR) is 80.2 cm³/mol. The summed E-state index contributed by atoms with van der Waals surface area (Å²) in [5.41, 5.74) is 0.962. The minimum absolute atomic E-state index is 0. The van der Waals surface area contributed by atoms with E-state index in [4.69, 9.17) is 9.47 Å². The molecule has 1 saturated heterocycles. The molecule has 2 aliphatic rings. The Morgan fingerprint density at radius 3 is 2.55 bits per heavy atom. The molecule has 7 heteroatoms. The summed E-state index contributed by atoms with van der Waals surface area (Å²) in [4.78, 5) is 2.17. The first-order valence-electron chi connectivity index (χ1n) is 6.29. The monoisotopic (exact) mass is 324 g/mol. The number of halogens is 3. The van der Waals surface area contributed by atoms with E-state index in [1.807, 2.05) is 18.2 Å². The van der Waals surface area contributed by atoms with Gasteiger partial charge in [0.15, 0.2) is 11.5 Å². The van der Waals surface area contributed by atoms with Crippen molar-refractivity contribution in [1.29, 1.82) is 0 Å². The van der Waals surface area contributed by atoms with Crippen LogP contribution in [0.15, 0.2) is 18.2 Å². The second kappa shape index (κ2) is 7.88. The normalized spacial score (nSPS) is 18.9. The van der Waals surface area contributed by atoms with Crippen molar-refractivity contribution in [2.24, 2.45) is 0 Å². The van der Waals surface area contributed by atoms with Gasteiger partial charge in [-0.2, -0.15) is 0 Å². The summed E-state index contributed by atoms with van der Waals surface area (Å²) in [6.45, 7) is 3.47. The SMILES string of the molecule is Cl.Cl.FC[C@@H](c1ccc2c(c1)OCO2)N1CCNCC1. The number of nitrogens with zero attached hydrogens (tertiary/aromatic N) is 1. The predicted octanol–water partition coefficient (Wildman–Crippen LogP) is 2.17. The first-order valence-corrected chi connectivity index (χ1v) is 6.29. The van der Waals surface area contributed by atoms with Crippen molar-refractivity contribution in [3.05, 3.63) is 23.8 Å². The molecule has 3 rings (SSSR count). The van der Waals surface area contributed by atoms with Crippen molar-refractivity contribution in [2.45, 2.75) is 6.04 Å². The quantitative estimate of drug-likeness (QED) is 0.924. The molecule has 2 heterocycles. The number of piperazine rings is 1. The van der Waals surface area contributed by atoms with Crippen LogP contribution in [0.3, 0.4) is 0 Å². The first kappa shape index (κ1) is 17.3. The van der Waals surface area contributed by atoms with Crippen molar-refractivity contribution in [3.63, 3.8) is 0 Å². The highest BCUT2D eigenvalue weighted by Crippen LogP contribution is 2.35. The maximum absolute atomic E-state index is 13.3. The van der Waals surface area contributed by atoms with Crippen LogP contribution in [-0.4, -0.2) is 44.5 Å². The number of benzene rings is 1. The molecule has 0 bridgehead atoms. The van der Waals surface area contributed by atoms with Gasteiger partial charge < -0.3 is 14.8 Å². The van der Waals surface area contributed by atoms with Gasteiger partial charge in [0.25, 0.3) is 0 Å². The van der Waals surface area contributed by atoms with Gasteiger partial charge in [0.2, 0.25) is 6.79 Å². The van der Waals surface area contributed by atoms with Gasteiger partial charge in [-0.15, -0.1) is 24.8 Å². The molecule has 114 valence electrons. The Labute approximate surface area is 130 Å². The Morgan fingerprint density at radius 1 is 1.15 bits per heavy atom.